The minimum Gasteiger partial charge on any atom is -0.312 e. The Bertz CT molecular complexity index is 165. The molecule has 2 atom stereocenters. The summed E-state index contributed by atoms with van der Waals surface area (Å²) in [6.45, 7) is 9.46. The Morgan fingerprint density at radius 2 is 2.00 bits per heavy atom. The van der Waals surface area contributed by atoms with E-state index in [0.29, 0.717) is 0 Å². The lowest BCUT2D eigenvalue weighted by atomic mass is 10.2. The van der Waals surface area contributed by atoms with Gasteiger partial charge in [0.2, 0.25) is 0 Å². The molecule has 0 aromatic rings. The minimum absolute atomic E-state index is 0.758. The molecule has 0 N–H and O–H groups in total. The Morgan fingerprint density at radius 1 is 1.38 bits per heavy atom. The molecule has 1 fully saturated rings. The lowest BCUT2D eigenvalue weighted by Gasteiger charge is -2.30. The molecule has 0 aliphatic carbocycles. The molecule has 0 saturated carbocycles. The zero-order valence-corrected chi connectivity index (χ0v) is 9.88. The third-order valence-corrected chi connectivity index (χ3v) is 3.67. The quantitative estimate of drug-likeness (QED) is 0.607. The van der Waals surface area contributed by atoms with E-state index in [1.165, 1.54) is 30.5 Å². The molecule has 2 nitrogen and oxygen atoms in total. The van der Waals surface area contributed by atoms with Crippen molar-refractivity contribution < 1.29 is 4.48 Å². The zero-order chi connectivity index (χ0) is 10.1. The maximum atomic E-state index is 2.63. The first kappa shape index (κ1) is 11.0. The second-order valence-corrected chi connectivity index (χ2v) is 5.01. The van der Waals surface area contributed by atoms with Crippen molar-refractivity contribution in [1.29, 1.82) is 0 Å². The molecule has 1 rings (SSSR count). The highest BCUT2D eigenvalue weighted by atomic mass is 15.5. The largest absolute Gasteiger partial charge is 0.312 e. The summed E-state index contributed by atoms with van der Waals surface area (Å²) in [5.41, 5.74) is 0. The standard InChI is InChI=1S/C11H25N2/c1-6-10(3)12-8-11(7-2)13(4,5)9-12/h10-11H,6-9H2,1-5H3/q+1. The Labute approximate surface area is 83.1 Å². The summed E-state index contributed by atoms with van der Waals surface area (Å²) in [6.07, 6.45) is 2.58. The molecule has 1 aliphatic heterocycles. The van der Waals surface area contributed by atoms with Crippen molar-refractivity contribution in [2.45, 2.75) is 45.7 Å². The van der Waals surface area contributed by atoms with Crippen LogP contribution in [0.2, 0.25) is 0 Å². The molecule has 0 radical (unpaired) electrons. The lowest BCUT2D eigenvalue weighted by molar-refractivity contribution is -0.905. The number of rotatable bonds is 3. The molecular weight excluding hydrogens is 160 g/mol. The van der Waals surface area contributed by atoms with Gasteiger partial charge in [-0.05, 0) is 19.8 Å². The third-order valence-electron chi connectivity index (χ3n) is 3.67. The molecular formula is C11H25N2+. The van der Waals surface area contributed by atoms with Crippen LogP contribution in [-0.4, -0.2) is 48.8 Å². The van der Waals surface area contributed by atoms with Gasteiger partial charge in [0.15, 0.2) is 0 Å². The van der Waals surface area contributed by atoms with Crippen molar-refractivity contribution in [1.82, 2.24) is 4.90 Å². The van der Waals surface area contributed by atoms with E-state index in [9.17, 15) is 0 Å². The van der Waals surface area contributed by atoms with Gasteiger partial charge in [-0.2, -0.15) is 0 Å². The highest BCUT2D eigenvalue weighted by molar-refractivity contribution is 4.74. The van der Waals surface area contributed by atoms with E-state index in [4.69, 9.17) is 0 Å². The first-order chi connectivity index (χ1) is 6.01. The summed E-state index contributed by atoms with van der Waals surface area (Å²) < 4.78 is 1.18. The first-order valence-corrected chi connectivity index (χ1v) is 5.58. The van der Waals surface area contributed by atoms with Crippen LogP contribution in [0.5, 0.6) is 0 Å². The molecule has 0 spiro atoms. The Morgan fingerprint density at radius 3 is 2.38 bits per heavy atom. The van der Waals surface area contributed by atoms with Gasteiger partial charge in [0, 0.05) is 6.04 Å². The van der Waals surface area contributed by atoms with Crippen LogP contribution in [0.1, 0.15) is 33.6 Å². The van der Waals surface area contributed by atoms with E-state index in [0.717, 1.165) is 12.1 Å². The molecule has 1 saturated heterocycles. The monoisotopic (exact) mass is 185 g/mol. The Balaban J connectivity index is 2.58. The molecule has 0 aromatic carbocycles. The maximum Gasteiger partial charge on any atom is 0.135 e. The van der Waals surface area contributed by atoms with Crippen LogP contribution in [0.4, 0.5) is 0 Å². The topological polar surface area (TPSA) is 3.24 Å². The van der Waals surface area contributed by atoms with Crippen molar-refractivity contribution in [3.8, 4) is 0 Å². The number of nitrogens with zero attached hydrogens (tertiary/aromatic N) is 2. The van der Waals surface area contributed by atoms with Crippen LogP contribution in [0.25, 0.3) is 0 Å². The predicted molar refractivity (Wildman–Crippen MR) is 57.5 cm³/mol. The molecule has 2 unspecified atom stereocenters. The van der Waals surface area contributed by atoms with Crippen molar-refractivity contribution in [2.75, 3.05) is 27.3 Å². The molecule has 0 amide bonds. The van der Waals surface area contributed by atoms with Crippen LogP contribution < -0.4 is 0 Å². The molecule has 13 heavy (non-hydrogen) atoms. The van der Waals surface area contributed by atoms with Crippen molar-refractivity contribution in [3.05, 3.63) is 0 Å². The second kappa shape index (κ2) is 3.97. The zero-order valence-electron chi connectivity index (χ0n) is 9.88. The van der Waals surface area contributed by atoms with Crippen molar-refractivity contribution >= 4 is 0 Å². The van der Waals surface area contributed by atoms with Crippen LogP contribution in [-0.2, 0) is 0 Å². The van der Waals surface area contributed by atoms with Gasteiger partial charge in [-0.1, -0.05) is 13.8 Å². The lowest BCUT2D eigenvalue weighted by Crippen LogP contribution is -2.45. The molecule has 1 heterocycles. The number of hydrogen-bond donors (Lipinski definition) is 0. The van der Waals surface area contributed by atoms with Gasteiger partial charge < -0.3 is 4.48 Å². The SMILES string of the molecule is CCC(C)N1CC(CC)[N+](C)(C)C1. The van der Waals surface area contributed by atoms with Gasteiger partial charge >= 0.3 is 0 Å². The van der Waals surface area contributed by atoms with Gasteiger partial charge in [0.1, 0.15) is 12.7 Å². The number of likely N-dealkylation sites (N-methyl/N-ethyl adjacent to an activating group) is 1. The Hall–Kier alpha value is -0.0800. The Kier molecular flexibility index (Phi) is 3.36. The van der Waals surface area contributed by atoms with Gasteiger partial charge in [-0.3, -0.25) is 0 Å². The summed E-state index contributed by atoms with van der Waals surface area (Å²) in [7, 11) is 4.72. The van der Waals surface area contributed by atoms with Crippen molar-refractivity contribution in [3.63, 3.8) is 0 Å². The van der Waals surface area contributed by atoms with Crippen LogP contribution in [0, 0.1) is 0 Å². The average Bonchev–Trinajstić information content (AvgIpc) is 2.39. The fourth-order valence-electron chi connectivity index (χ4n) is 2.33. The second-order valence-electron chi connectivity index (χ2n) is 5.01. The van der Waals surface area contributed by atoms with E-state index in [2.05, 4.69) is 39.8 Å². The number of hydrogen-bond acceptors (Lipinski definition) is 1. The third kappa shape index (κ3) is 2.23. The predicted octanol–water partition coefficient (Wildman–Crippen LogP) is 1.91. The highest BCUT2D eigenvalue weighted by Gasteiger charge is 2.39. The van der Waals surface area contributed by atoms with Crippen LogP contribution >= 0.6 is 0 Å². The number of quaternary nitrogens is 1. The van der Waals surface area contributed by atoms with Gasteiger partial charge in [0.25, 0.3) is 0 Å². The average molecular weight is 185 g/mol. The summed E-state index contributed by atoms with van der Waals surface area (Å²) >= 11 is 0. The van der Waals surface area contributed by atoms with Crippen LogP contribution in [0.15, 0.2) is 0 Å². The molecule has 1 aliphatic rings. The first-order valence-electron chi connectivity index (χ1n) is 5.58. The smallest absolute Gasteiger partial charge is 0.135 e. The van der Waals surface area contributed by atoms with E-state index < -0.39 is 0 Å². The fourth-order valence-corrected chi connectivity index (χ4v) is 2.33. The molecule has 0 aromatic heterocycles. The van der Waals surface area contributed by atoms with Gasteiger partial charge in [-0.15, -0.1) is 0 Å². The van der Waals surface area contributed by atoms with E-state index >= 15 is 0 Å². The fraction of sp³-hybridized carbons (Fsp3) is 1.00. The molecule has 78 valence electrons. The normalized spacial score (nSPS) is 30.7. The van der Waals surface area contributed by atoms with Crippen LogP contribution in [0.3, 0.4) is 0 Å². The van der Waals surface area contributed by atoms with E-state index in [1.807, 2.05) is 0 Å². The minimum atomic E-state index is 0.758. The van der Waals surface area contributed by atoms with Gasteiger partial charge in [-0.25, -0.2) is 4.90 Å². The maximum absolute atomic E-state index is 2.63. The molecule has 2 heteroatoms. The summed E-state index contributed by atoms with van der Waals surface area (Å²) in [6, 6.07) is 1.60. The summed E-state index contributed by atoms with van der Waals surface area (Å²) in [5.74, 6) is 0. The van der Waals surface area contributed by atoms with E-state index in [-0.39, 0.29) is 0 Å². The summed E-state index contributed by atoms with van der Waals surface area (Å²) in [4.78, 5) is 2.63. The van der Waals surface area contributed by atoms with Gasteiger partial charge in [0.05, 0.1) is 20.6 Å². The summed E-state index contributed by atoms with van der Waals surface area (Å²) in [5, 5.41) is 0. The van der Waals surface area contributed by atoms with Crippen molar-refractivity contribution in [2.24, 2.45) is 0 Å². The highest BCUT2D eigenvalue weighted by Crippen LogP contribution is 2.23. The van der Waals surface area contributed by atoms with E-state index in [1.54, 1.807) is 0 Å². The molecule has 0 bridgehead atoms.